The maximum atomic E-state index is 12.2. The normalized spacial score (nSPS) is 22.9. The van der Waals surface area contributed by atoms with Crippen LogP contribution in [-0.4, -0.2) is 27.4 Å². The number of aromatic nitrogens is 2. The fourth-order valence-electron chi connectivity index (χ4n) is 4.98. The van der Waals surface area contributed by atoms with Crippen molar-refractivity contribution in [3.05, 3.63) is 66.4 Å². The van der Waals surface area contributed by atoms with Crippen molar-refractivity contribution in [3.63, 3.8) is 0 Å². The van der Waals surface area contributed by atoms with Crippen molar-refractivity contribution in [3.8, 4) is 11.1 Å². The molecule has 5 rings (SSSR count). The van der Waals surface area contributed by atoms with Crippen molar-refractivity contribution in [2.45, 2.75) is 38.1 Å². The number of nitrogens with zero attached hydrogens (tertiary/aromatic N) is 3. The van der Waals surface area contributed by atoms with Gasteiger partial charge in [-0.25, -0.2) is 4.68 Å². The largest absolute Gasteiger partial charge is 0.481 e. The van der Waals surface area contributed by atoms with Crippen LogP contribution in [0.25, 0.3) is 11.1 Å². The smallest absolute Gasteiger partial charge is 0.314 e. The van der Waals surface area contributed by atoms with E-state index in [2.05, 4.69) is 53.3 Å². The summed E-state index contributed by atoms with van der Waals surface area (Å²) in [5, 5.41) is 14.5. The molecular formula is C24H25N3O2. The van der Waals surface area contributed by atoms with Gasteiger partial charge in [-0.2, -0.15) is 5.10 Å². The van der Waals surface area contributed by atoms with Gasteiger partial charge >= 0.3 is 5.97 Å². The van der Waals surface area contributed by atoms with Gasteiger partial charge < -0.3 is 10.0 Å². The van der Waals surface area contributed by atoms with E-state index in [9.17, 15) is 9.90 Å². The summed E-state index contributed by atoms with van der Waals surface area (Å²) in [6, 6.07) is 18.5. The van der Waals surface area contributed by atoms with Crippen LogP contribution in [-0.2, 0) is 16.8 Å². The maximum absolute atomic E-state index is 12.2. The van der Waals surface area contributed by atoms with Gasteiger partial charge in [-0.05, 0) is 47.6 Å². The van der Waals surface area contributed by atoms with E-state index in [4.69, 9.17) is 0 Å². The van der Waals surface area contributed by atoms with Crippen LogP contribution in [0, 0.1) is 5.92 Å². The average molecular weight is 387 g/mol. The van der Waals surface area contributed by atoms with E-state index < -0.39 is 11.4 Å². The van der Waals surface area contributed by atoms with Gasteiger partial charge in [-0.3, -0.25) is 4.79 Å². The number of fused-ring (bicyclic) bond motifs is 1. The third kappa shape index (κ3) is 2.76. The first-order valence-corrected chi connectivity index (χ1v) is 10.4. The van der Waals surface area contributed by atoms with Crippen LogP contribution in [0.2, 0.25) is 0 Å². The first-order chi connectivity index (χ1) is 14.1. The molecule has 1 saturated carbocycles. The number of benzene rings is 2. The fraction of sp³-hybridized carbons (Fsp3) is 0.333. The lowest BCUT2D eigenvalue weighted by Crippen LogP contribution is -2.28. The Kier molecular flexibility index (Phi) is 4.19. The Bertz CT molecular complexity index is 1070. The minimum absolute atomic E-state index is 0.209. The monoisotopic (exact) mass is 387 g/mol. The van der Waals surface area contributed by atoms with Crippen molar-refractivity contribution in [1.29, 1.82) is 0 Å². The SMILES string of the molecule is CC[C@@H]1C[C@]1(C(=O)O)c1ccccc1-c1cccc(N2CCCn3nccc32)c1. The second-order valence-corrected chi connectivity index (χ2v) is 8.10. The molecule has 1 N–H and O–H groups in total. The summed E-state index contributed by atoms with van der Waals surface area (Å²) in [7, 11) is 0. The zero-order valence-electron chi connectivity index (χ0n) is 16.6. The topological polar surface area (TPSA) is 58.4 Å². The van der Waals surface area contributed by atoms with Crippen LogP contribution >= 0.6 is 0 Å². The first kappa shape index (κ1) is 18.0. The van der Waals surface area contributed by atoms with Crippen LogP contribution < -0.4 is 4.90 Å². The number of carboxylic acid groups (broad SMARTS) is 1. The second kappa shape index (κ2) is 6.76. The number of anilines is 2. The van der Waals surface area contributed by atoms with E-state index in [1.165, 1.54) is 0 Å². The molecule has 0 radical (unpaired) electrons. The molecule has 1 aromatic heterocycles. The molecule has 1 aliphatic heterocycles. The highest BCUT2D eigenvalue weighted by Crippen LogP contribution is 2.58. The fourth-order valence-corrected chi connectivity index (χ4v) is 4.98. The van der Waals surface area contributed by atoms with E-state index in [1.807, 2.05) is 29.1 Å². The molecule has 0 bridgehead atoms. The van der Waals surface area contributed by atoms with Gasteiger partial charge in [0.1, 0.15) is 5.82 Å². The van der Waals surface area contributed by atoms with Crippen molar-refractivity contribution < 1.29 is 9.90 Å². The Morgan fingerprint density at radius 1 is 1.17 bits per heavy atom. The minimum atomic E-state index is -0.745. The van der Waals surface area contributed by atoms with Gasteiger partial charge in [0.05, 0.1) is 11.6 Å². The molecule has 2 aliphatic rings. The number of hydrogen-bond acceptors (Lipinski definition) is 3. The van der Waals surface area contributed by atoms with Gasteiger partial charge in [-0.1, -0.05) is 49.7 Å². The van der Waals surface area contributed by atoms with E-state index >= 15 is 0 Å². The third-order valence-corrected chi connectivity index (χ3v) is 6.58. The third-order valence-electron chi connectivity index (χ3n) is 6.58. The molecule has 0 unspecified atom stereocenters. The van der Waals surface area contributed by atoms with Crippen LogP contribution in [0.3, 0.4) is 0 Å². The molecule has 2 heterocycles. The number of rotatable bonds is 5. The van der Waals surface area contributed by atoms with Crippen LogP contribution in [0.1, 0.15) is 31.7 Å². The molecule has 1 fully saturated rings. The van der Waals surface area contributed by atoms with E-state index in [0.29, 0.717) is 0 Å². The average Bonchev–Trinajstić information content (AvgIpc) is 3.32. The zero-order valence-corrected chi connectivity index (χ0v) is 16.6. The molecule has 0 saturated heterocycles. The maximum Gasteiger partial charge on any atom is 0.314 e. The van der Waals surface area contributed by atoms with Crippen molar-refractivity contribution >= 4 is 17.5 Å². The van der Waals surface area contributed by atoms with Gasteiger partial charge in [0, 0.05) is 24.8 Å². The Hall–Kier alpha value is -3.08. The van der Waals surface area contributed by atoms with E-state index in [1.54, 1.807) is 0 Å². The summed E-state index contributed by atoms with van der Waals surface area (Å²) in [4.78, 5) is 14.5. The summed E-state index contributed by atoms with van der Waals surface area (Å²) in [5.41, 5.74) is 3.41. The highest BCUT2D eigenvalue weighted by atomic mass is 16.4. The Labute approximate surface area is 170 Å². The summed E-state index contributed by atoms with van der Waals surface area (Å²) in [5.74, 6) is 0.616. The Morgan fingerprint density at radius 2 is 2.03 bits per heavy atom. The lowest BCUT2D eigenvalue weighted by molar-refractivity contribution is -0.140. The van der Waals surface area contributed by atoms with Crippen LogP contribution in [0.15, 0.2) is 60.8 Å². The predicted octanol–water partition coefficient (Wildman–Crippen LogP) is 4.84. The van der Waals surface area contributed by atoms with Gasteiger partial charge in [-0.15, -0.1) is 0 Å². The standard InChI is InChI=1S/C24H25N3O2/c1-2-18-16-24(18,23(28)29)21-10-4-3-9-20(21)17-7-5-8-19(15-17)26-13-6-14-27-22(26)11-12-25-27/h3-5,7-12,15,18H,2,6,13-14,16H2,1H3,(H,28,29)/t18-,24-/m1/s1. The quantitative estimate of drug-likeness (QED) is 0.680. The van der Waals surface area contributed by atoms with E-state index in [0.717, 1.165) is 60.5 Å². The first-order valence-electron chi connectivity index (χ1n) is 10.4. The summed E-state index contributed by atoms with van der Waals surface area (Å²) in [6.07, 6.45) is 4.51. The predicted molar refractivity (Wildman–Crippen MR) is 113 cm³/mol. The van der Waals surface area contributed by atoms with Gasteiger partial charge in [0.2, 0.25) is 0 Å². The molecule has 148 valence electrons. The molecule has 0 amide bonds. The molecule has 5 heteroatoms. The van der Waals surface area contributed by atoms with Gasteiger partial charge in [0.25, 0.3) is 0 Å². The molecule has 29 heavy (non-hydrogen) atoms. The number of aliphatic carboxylic acids is 1. The van der Waals surface area contributed by atoms with Crippen molar-refractivity contribution in [2.24, 2.45) is 5.92 Å². The highest BCUT2D eigenvalue weighted by Gasteiger charge is 2.61. The molecule has 2 atom stereocenters. The second-order valence-electron chi connectivity index (χ2n) is 8.10. The number of aryl methyl sites for hydroxylation is 1. The highest BCUT2D eigenvalue weighted by molar-refractivity contribution is 5.90. The molecule has 1 aliphatic carbocycles. The van der Waals surface area contributed by atoms with E-state index in [-0.39, 0.29) is 5.92 Å². The Balaban J connectivity index is 1.58. The lowest BCUT2D eigenvalue weighted by atomic mass is 9.86. The van der Waals surface area contributed by atoms with Crippen LogP contribution in [0.5, 0.6) is 0 Å². The molecule has 0 spiro atoms. The lowest BCUT2D eigenvalue weighted by Gasteiger charge is -2.30. The number of carbonyl (C=O) groups is 1. The molecule has 5 nitrogen and oxygen atoms in total. The van der Waals surface area contributed by atoms with Crippen molar-refractivity contribution in [1.82, 2.24) is 9.78 Å². The summed E-state index contributed by atoms with van der Waals surface area (Å²) >= 11 is 0. The molecule has 2 aromatic carbocycles. The van der Waals surface area contributed by atoms with Gasteiger partial charge in [0.15, 0.2) is 0 Å². The summed E-state index contributed by atoms with van der Waals surface area (Å²) in [6.45, 7) is 3.98. The van der Waals surface area contributed by atoms with Crippen molar-refractivity contribution in [2.75, 3.05) is 11.4 Å². The molecular weight excluding hydrogens is 362 g/mol. The summed E-state index contributed by atoms with van der Waals surface area (Å²) < 4.78 is 2.04. The minimum Gasteiger partial charge on any atom is -0.481 e. The number of carboxylic acids is 1. The zero-order chi connectivity index (χ0) is 20.0. The van der Waals surface area contributed by atoms with Crippen LogP contribution in [0.4, 0.5) is 11.5 Å². The Morgan fingerprint density at radius 3 is 2.83 bits per heavy atom. The molecule has 3 aromatic rings. The number of hydrogen-bond donors (Lipinski definition) is 1.